The van der Waals surface area contributed by atoms with Crippen molar-refractivity contribution in [2.24, 2.45) is 5.92 Å². The largest absolute Gasteiger partial charge is 0.391 e. The molecule has 2 heterocycles. The molecule has 0 aromatic rings. The van der Waals surface area contributed by atoms with Gasteiger partial charge in [-0.3, -0.25) is 4.90 Å². The number of nitrogens with zero attached hydrogens (tertiary/aromatic N) is 2. The van der Waals surface area contributed by atoms with Gasteiger partial charge < -0.3 is 10.0 Å². The highest BCUT2D eigenvalue weighted by molar-refractivity contribution is 4.88. The Bertz CT molecular complexity index is 257. The van der Waals surface area contributed by atoms with Crippen molar-refractivity contribution >= 4 is 0 Å². The third-order valence-corrected chi connectivity index (χ3v) is 5.28. The molecular formula is C15H28N2O. The van der Waals surface area contributed by atoms with E-state index in [9.17, 15) is 5.11 Å². The van der Waals surface area contributed by atoms with Crippen LogP contribution >= 0.6 is 0 Å². The quantitative estimate of drug-likeness (QED) is 0.828. The Morgan fingerprint density at radius 2 is 1.56 bits per heavy atom. The molecule has 2 aliphatic heterocycles. The van der Waals surface area contributed by atoms with Gasteiger partial charge in [0.25, 0.3) is 0 Å². The SMILES string of the molecule is O[C@@H]1CCC[C@H]1N1CCC(CN2CCCC2)CC1. The van der Waals surface area contributed by atoms with E-state index in [1.165, 1.54) is 71.2 Å². The lowest BCUT2D eigenvalue weighted by Crippen LogP contribution is -2.46. The zero-order chi connectivity index (χ0) is 12.4. The maximum Gasteiger partial charge on any atom is 0.0695 e. The van der Waals surface area contributed by atoms with Crippen LogP contribution in [0.1, 0.15) is 44.9 Å². The van der Waals surface area contributed by atoms with Crippen LogP contribution < -0.4 is 0 Å². The molecule has 3 heteroatoms. The summed E-state index contributed by atoms with van der Waals surface area (Å²) in [7, 11) is 0. The van der Waals surface area contributed by atoms with Gasteiger partial charge in [0.1, 0.15) is 0 Å². The normalized spacial score (nSPS) is 36.5. The van der Waals surface area contributed by atoms with Crippen LogP contribution in [0.4, 0.5) is 0 Å². The molecule has 104 valence electrons. The Balaban J connectivity index is 1.43. The minimum Gasteiger partial charge on any atom is -0.391 e. The van der Waals surface area contributed by atoms with E-state index in [0.29, 0.717) is 6.04 Å². The molecule has 3 rings (SSSR count). The second kappa shape index (κ2) is 5.89. The number of rotatable bonds is 3. The molecule has 0 spiro atoms. The lowest BCUT2D eigenvalue weighted by molar-refractivity contribution is 0.0439. The number of piperidine rings is 1. The van der Waals surface area contributed by atoms with Crippen LogP contribution in [0.5, 0.6) is 0 Å². The second-order valence-corrected chi connectivity index (χ2v) is 6.55. The molecule has 0 aromatic carbocycles. The smallest absolute Gasteiger partial charge is 0.0695 e. The predicted molar refractivity (Wildman–Crippen MR) is 73.6 cm³/mol. The third kappa shape index (κ3) is 2.89. The summed E-state index contributed by atoms with van der Waals surface area (Å²) in [4.78, 5) is 5.23. The van der Waals surface area contributed by atoms with E-state index >= 15 is 0 Å². The Kier molecular flexibility index (Phi) is 4.22. The van der Waals surface area contributed by atoms with E-state index in [4.69, 9.17) is 0 Å². The van der Waals surface area contributed by atoms with Gasteiger partial charge in [0.15, 0.2) is 0 Å². The molecule has 0 radical (unpaired) electrons. The minimum atomic E-state index is -0.0415. The van der Waals surface area contributed by atoms with Gasteiger partial charge in [-0.15, -0.1) is 0 Å². The van der Waals surface area contributed by atoms with Gasteiger partial charge in [-0.05, 0) is 77.0 Å². The zero-order valence-electron chi connectivity index (χ0n) is 11.6. The first-order chi connectivity index (χ1) is 8.83. The van der Waals surface area contributed by atoms with Crippen molar-refractivity contribution in [3.63, 3.8) is 0 Å². The van der Waals surface area contributed by atoms with Crippen LogP contribution in [0.25, 0.3) is 0 Å². The third-order valence-electron chi connectivity index (χ3n) is 5.28. The number of likely N-dealkylation sites (tertiary alicyclic amines) is 2. The van der Waals surface area contributed by atoms with E-state index in [-0.39, 0.29) is 6.10 Å². The van der Waals surface area contributed by atoms with Crippen LogP contribution in [0.3, 0.4) is 0 Å². The molecule has 1 saturated carbocycles. The molecule has 0 aromatic heterocycles. The summed E-state index contributed by atoms with van der Waals surface area (Å²) in [5, 5.41) is 9.99. The van der Waals surface area contributed by atoms with Gasteiger partial charge in [-0.25, -0.2) is 0 Å². The summed E-state index contributed by atoms with van der Waals surface area (Å²) in [5.41, 5.74) is 0. The number of hydrogen-bond donors (Lipinski definition) is 1. The Morgan fingerprint density at radius 1 is 0.833 bits per heavy atom. The summed E-state index contributed by atoms with van der Waals surface area (Å²) in [6.07, 6.45) is 8.94. The molecule has 1 N–H and O–H groups in total. The molecule has 18 heavy (non-hydrogen) atoms. The summed E-state index contributed by atoms with van der Waals surface area (Å²) in [6, 6.07) is 0.484. The Labute approximate surface area is 111 Å². The van der Waals surface area contributed by atoms with Crippen molar-refractivity contribution in [1.82, 2.24) is 9.80 Å². The van der Waals surface area contributed by atoms with Gasteiger partial charge in [-0.1, -0.05) is 0 Å². The minimum absolute atomic E-state index is 0.0415. The maximum absolute atomic E-state index is 9.99. The highest BCUT2D eigenvalue weighted by Gasteiger charge is 2.33. The lowest BCUT2D eigenvalue weighted by Gasteiger charge is -2.38. The van der Waals surface area contributed by atoms with E-state index in [0.717, 1.165) is 12.3 Å². The van der Waals surface area contributed by atoms with Gasteiger partial charge in [0, 0.05) is 12.6 Å². The van der Waals surface area contributed by atoms with Gasteiger partial charge in [0.05, 0.1) is 6.10 Å². The fraction of sp³-hybridized carbons (Fsp3) is 1.00. The van der Waals surface area contributed by atoms with Crippen molar-refractivity contribution in [2.75, 3.05) is 32.7 Å². The topological polar surface area (TPSA) is 26.7 Å². The van der Waals surface area contributed by atoms with E-state index < -0.39 is 0 Å². The Hall–Kier alpha value is -0.120. The van der Waals surface area contributed by atoms with E-state index in [1.807, 2.05) is 0 Å². The summed E-state index contributed by atoms with van der Waals surface area (Å²) in [6.45, 7) is 6.45. The molecule has 2 saturated heterocycles. The fourth-order valence-electron chi connectivity index (χ4n) is 4.14. The first kappa shape index (κ1) is 12.9. The van der Waals surface area contributed by atoms with Crippen molar-refractivity contribution < 1.29 is 5.11 Å². The molecule has 3 aliphatic rings. The van der Waals surface area contributed by atoms with Gasteiger partial charge >= 0.3 is 0 Å². The summed E-state index contributed by atoms with van der Waals surface area (Å²) in [5.74, 6) is 0.915. The first-order valence-corrected chi connectivity index (χ1v) is 7.97. The van der Waals surface area contributed by atoms with E-state index in [2.05, 4.69) is 9.80 Å². The Morgan fingerprint density at radius 3 is 2.17 bits per heavy atom. The highest BCUT2D eigenvalue weighted by atomic mass is 16.3. The lowest BCUT2D eigenvalue weighted by atomic mass is 9.94. The molecule has 3 nitrogen and oxygen atoms in total. The van der Waals surface area contributed by atoms with Gasteiger partial charge in [-0.2, -0.15) is 0 Å². The van der Waals surface area contributed by atoms with Crippen LogP contribution in [0.15, 0.2) is 0 Å². The van der Waals surface area contributed by atoms with Crippen LogP contribution in [0, 0.1) is 5.92 Å². The van der Waals surface area contributed by atoms with E-state index in [1.54, 1.807) is 0 Å². The molecule has 0 unspecified atom stereocenters. The average molecular weight is 252 g/mol. The highest BCUT2D eigenvalue weighted by Crippen LogP contribution is 2.28. The monoisotopic (exact) mass is 252 g/mol. The van der Waals surface area contributed by atoms with Crippen LogP contribution in [-0.2, 0) is 0 Å². The maximum atomic E-state index is 9.99. The van der Waals surface area contributed by atoms with Crippen molar-refractivity contribution in [3.05, 3.63) is 0 Å². The standard InChI is InChI=1S/C15H28N2O/c18-15-5-3-4-14(15)17-10-6-13(7-11-17)12-16-8-1-2-9-16/h13-15,18H,1-12H2/t14-,15-/m1/s1. The average Bonchev–Trinajstić information content (AvgIpc) is 3.02. The zero-order valence-corrected chi connectivity index (χ0v) is 11.6. The fourth-order valence-corrected chi connectivity index (χ4v) is 4.14. The molecule has 0 bridgehead atoms. The predicted octanol–water partition coefficient (Wildman–Crippen LogP) is 1.71. The van der Waals surface area contributed by atoms with Crippen LogP contribution in [-0.4, -0.2) is 59.8 Å². The number of aliphatic hydroxyl groups is 1. The summed E-state index contributed by atoms with van der Waals surface area (Å²) < 4.78 is 0. The number of aliphatic hydroxyl groups excluding tert-OH is 1. The second-order valence-electron chi connectivity index (χ2n) is 6.55. The summed E-state index contributed by atoms with van der Waals surface area (Å²) >= 11 is 0. The molecule has 1 aliphatic carbocycles. The first-order valence-electron chi connectivity index (χ1n) is 7.97. The molecular weight excluding hydrogens is 224 g/mol. The van der Waals surface area contributed by atoms with Gasteiger partial charge in [0.2, 0.25) is 0 Å². The van der Waals surface area contributed by atoms with Crippen LogP contribution in [0.2, 0.25) is 0 Å². The van der Waals surface area contributed by atoms with Crippen molar-refractivity contribution in [1.29, 1.82) is 0 Å². The molecule has 2 atom stereocenters. The molecule has 0 amide bonds. The molecule has 3 fully saturated rings. The van der Waals surface area contributed by atoms with Crippen molar-refractivity contribution in [3.8, 4) is 0 Å². The van der Waals surface area contributed by atoms with Crippen molar-refractivity contribution in [2.45, 2.75) is 57.1 Å². The number of hydrogen-bond acceptors (Lipinski definition) is 3.